The highest BCUT2D eigenvalue weighted by atomic mass is 32.2. The minimum Gasteiger partial charge on any atom is -0.387 e. The van der Waals surface area contributed by atoms with Gasteiger partial charge >= 0.3 is 6.18 Å². The van der Waals surface area contributed by atoms with E-state index in [0.29, 0.717) is 23.1 Å². The van der Waals surface area contributed by atoms with Gasteiger partial charge in [-0.2, -0.15) is 18.2 Å². The van der Waals surface area contributed by atoms with Gasteiger partial charge in [-0.3, -0.25) is 0 Å². The van der Waals surface area contributed by atoms with Crippen molar-refractivity contribution in [2.75, 3.05) is 29.2 Å². The average molecular weight is 606 g/mol. The number of anilines is 2. The number of nitrogens with one attached hydrogen (secondary N) is 2. The van der Waals surface area contributed by atoms with Crippen LogP contribution < -0.4 is 15.8 Å². The molecule has 1 aromatic rings. The van der Waals surface area contributed by atoms with E-state index in [2.05, 4.69) is 20.6 Å². The smallest absolute Gasteiger partial charge is 0.387 e. The number of aliphatic hydroxyl groups is 1. The van der Waals surface area contributed by atoms with Gasteiger partial charge in [0.25, 0.3) is 0 Å². The summed E-state index contributed by atoms with van der Waals surface area (Å²) >= 11 is 0. The van der Waals surface area contributed by atoms with Crippen molar-refractivity contribution in [1.82, 2.24) is 9.97 Å². The van der Waals surface area contributed by atoms with Crippen LogP contribution in [0, 0.1) is 6.92 Å². The lowest BCUT2D eigenvalue weighted by atomic mass is 9.90. The number of sulfone groups is 1. The number of sulfonamides is 1. The Morgan fingerprint density at radius 1 is 1.25 bits per heavy atom. The maximum absolute atomic E-state index is 13.7. The first-order valence-electron chi connectivity index (χ1n) is 12.5. The van der Waals surface area contributed by atoms with Crippen LogP contribution in [-0.2, 0) is 19.9 Å². The molecule has 0 radical (unpaired) electrons. The number of rotatable bonds is 11. The Kier molecular flexibility index (Phi) is 8.94. The van der Waals surface area contributed by atoms with Crippen molar-refractivity contribution in [2.45, 2.75) is 62.6 Å². The van der Waals surface area contributed by atoms with Gasteiger partial charge in [0.15, 0.2) is 9.84 Å². The van der Waals surface area contributed by atoms with Crippen molar-refractivity contribution in [3.8, 4) is 0 Å². The highest BCUT2D eigenvalue weighted by Gasteiger charge is 2.64. The third kappa shape index (κ3) is 7.11. The summed E-state index contributed by atoms with van der Waals surface area (Å²) in [6.07, 6.45) is 5.13. The minimum absolute atomic E-state index is 0.0619. The normalized spacial score (nSPS) is 23.3. The zero-order valence-electron chi connectivity index (χ0n) is 22.6. The average Bonchev–Trinajstić information content (AvgIpc) is 3.60. The first-order valence-corrected chi connectivity index (χ1v) is 16.1. The molecule has 1 aromatic heterocycles. The standard InChI is InChI=1S/C25H34F3N5O5S2/c1-5-6-17(18-8-10-20(34)23(3,15-18)39(4,35)36)7-9-19-16(2)21(33-24(11-12-24)25(26,27)28)32-22(31-19)30-13-14-40(29,37)38/h6-10,15,20,34H,5,11-14H2,1-4H3,(H2,29,37,38)(H2,30,31,32,33). The fraction of sp³-hybridized carbons (Fsp3) is 0.520. The number of halogens is 3. The van der Waals surface area contributed by atoms with Gasteiger partial charge in [0.1, 0.15) is 16.1 Å². The van der Waals surface area contributed by atoms with E-state index < -0.39 is 48.2 Å². The Bertz CT molecular complexity index is 1480. The van der Waals surface area contributed by atoms with E-state index in [1.54, 1.807) is 25.2 Å². The summed E-state index contributed by atoms with van der Waals surface area (Å²) in [7, 11) is -7.50. The van der Waals surface area contributed by atoms with E-state index in [-0.39, 0.29) is 36.8 Å². The Balaban J connectivity index is 2.03. The molecule has 2 unspecified atom stereocenters. The molecule has 1 saturated carbocycles. The van der Waals surface area contributed by atoms with E-state index in [1.165, 1.54) is 19.1 Å². The van der Waals surface area contributed by atoms with Gasteiger partial charge in [-0.1, -0.05) is 37.3 Å². The Morgan fingerprint density at radius 2 is 1.90 bits per heavy atom. The molecule has 2 atom stereocenters. The SMILES string of the molecule is CCC=C(C=Cc1nc(NCCS(N)(=O)=O)nc(NC2(C(F)(F)F)CC2)c1C)C1=CC(C)(S(C)(=O)=O)C(O)C=C1. The molecule has 10 nitrogen and oxygen atoms in total. The first kappa shape index (κ1) is 31.8. The topological polar surface area (TPSA) is 164 Å². The molecule has 2 aliphatic carbocycles. The zero-order chi connectivity index (χ0) is 30.1. The van der Waals surface area contributed by atoms with Crippen molar-refractivity contribution in [2.24, 2.45) is 5.14 Å². The molecule has 222 valence electrons. The number of aliphatic hydroxyl groups excluding tert-OH is 1. The molecule has 1 fully saturated rings. The van der Waals surface area contributed by atoms with E-state index in [4.69, 9.17) is 5.14 Å². The second kappa shape index (κ2) is 11.3. The molecular weight excluding hydrogens is 571 g/mol. The summed E-state index contributed by atoms with van der Waals surface area (Å²) < 4.78 is 87.0. The zero-order valence-corrected chi connectivity index (χ0v) is 24.2. The molecule has 0 spiro atoms. The summed E-state index contributed by atoms with van der Waals surface area (Å²) in [5.74, 6) is -0.604. The summed E-state index contributed by atoms with van der Waals surface area (Å²) in [4.78, 5) is 8.52. The lowest BCUT2D eigenvalue weighted by Crippen LogP contribution is -2.45. The van der Waals surface area contributed by atoms with Gasteiger partial charge in [0, 0.05) is 18.4 Å². The third-order valence-corrected chi connectivity index (χ3v) is 9.70. The molecular formula is C25H34F3N5O5S2. The first-order chi connectivity index (χ1) is 18.3. The van der Waals surface area contributed by atoms with Crippen LogP contribution in [0.2, 0.25) is 0 Å². The molecule has 0 saturated heterocycles. The summed E-state index contributed by atoms with van der Waals surface area (Å²) in [6.45, 7) is 4.69. The van der Waals surface area contributed by atoms with Crippen LogP contribution in [0.25, 0.3) is 6.08 Å². The maximum Gasteiger partial charge on any atom is 0.411 e. The van der Waals surface area contributed by atoms with Gasteiger partial charge in [-0.25, -0.2) is 27.0 Å². The number of hydrogen-bond donors (Lipinski definition) is 4. The molecule has 0 aliphatic heterocycles. The number of primary sulfonamides is 1. The van der Waals surface area contributed by atoms with Gasteiger partial charge in [-0.05, 0) is 50.3 Å². The Labute approximate surface area is 232 Å². The molecule has 0 bridgehead atoms. The van der Waals surface area contributed by atoms with Crippen LogP contribution in [0.5, 0.6) is 0 Å². The number of aromatic nitrogens is 2. The van der Waals surface area contributed by atoms with Crippen LogP contribution >= 0.6 is 0 Å². The highest BCUT2D eigenvalue weighted by molar-refractivity contribution is 7.92. The molecule has 0 aromatic carbocycles. The second-order valence-electron chi connectivity index (χ2n) is 10.2. The number of hydrogen-bond acceptors (Lipinski definition) is 9. The molecule has 0 amide bonds. The van der Waals surface area contributed by atoms with E-state index in [9.17, 15) is 35.1 Å². The molecule has 5 N–H and O–H groups in total. The molecule has 15 heteroatoms. The Hall–Kier alpha value is -2.75. The van der Waals surface area contributed by atoms with Crippen LogP contribution in [0.3, 0.4) is 0 Å². The predicted octanol–water partition coefficient (Wildman–Crippen LogP) is 3.00. The van der Waals surface area contributed by atoms with Crippen molar-refractivity contribution in [1.29, 1.82) is 0 Å². The maximum atomic E-state index is 13.7. The summed E-state index contributed by atoms with van der Waals surface area (Å²) in [5, 5.41) is 20.6. The van der Waals surface area contributed by atoms with Gasteiger partial charge in [-0.15, -0.1) is 0 Å². The van der Waals surface area contributed by atoms with Crippen molar-refractivity contribution in [3.63, 3.8) is 0 Å². The Morgan fingerprint density at radius 3 is 2.42 bits per heavy atom. The highest BCUT2D eigenvalue weighted by Crippen LogP contribution is 2.51. The van der Waals surface area contributed by atoms with Gasteiger partial charge in [0.2, 0.25) is 16.0 Å². The second-order valence-corrected chi connectivity index (χ2v) is 14.3. The van der Waals surface area contributed by atoms with Crippen molar-refractivity contribution >= 4 is 37.7 Å². The van der Waals surface area contributed by atoms with E-state index in [1.807, 2.05) is 13.0 Å². The quantitative estimate of drug-likeness (QED) is 0.278. The number of allylic oxidation sites excluding steroid dienone is 5. The molecule has 2 aliphatic rings. The van der Waals surface area contributed by atoms with Crippen LogP contribution in [0.15, 0.2) is 41.5 Å². The van der Waals surface area contributed by atoms with Crippen LogP contribution in [-0.4, -0.2) is 73.0 Å². The van der Waals surface area contributed by atoms with E-state index >= 15 is 0 Å². The van der Waals surface area contributed by atoms with Crippen LogP contribution in [0.1, 0.15) is 44.4 Å². The lowest BCUT2D eigenvalue weighted by Gasteiger charge is -2.31. The third-order valence-electron chi connectivity index (χ3n) is 6.97. The summed E-state index contributed by atoms with van der Waals surface area (Å²) in [5.41, 5.74) is -0.397. The largest absolute Gasteiger partial charge is 0.411 e. The number of nitrogens with two attached hydrogens (primary N) is 1. The molecule has 40 heavy (non-hydrogen) atoms. The molecule has 1 heterocycles. The van der Waals surface area contributed by atoms with E-state index in [0.717, 1.165) is 6.26 Å². The predicted molar refractivity (Wildman–Crippen MR) is 149 cm³/mol. The minimum atomic E-state index is -4.50. The summed E-state index contributed by atoms with van der Waals surface area (Å²) in [6, 6.07) is 0. The van der Waals surface area contributed by atoms with Crippen LogP contribution in [0.4, 0.5) is 24.9 Å². The lowest BCUT2D eigenvalue weighted by molar-refractivity contribution is -0.151. The monoisotopic (exact) mass is 605 g/mol. The fourth-order valence-electron chi connectivity index (χ4n) is 4.04. The fourth-order valence-corrected chi connectivity index (χ4v) is 5.28. The van der Waals surface area contributed by atoms with Gasteiger partial charge in [0.05, 0.1) is 17.6 Å². The van der Waals surface area contributed by atoms with Crippen molar-refractivity contribution in [3.05, 3.63) is 52.8 Å². The molecule has 3 rings (SSSR count). The van der Waals surface area contributed by atoms with Crippen molar-refractivity contribution < 1.29 is 35.1 Å². The van der Waals surface area contributed by atoms with Gasteiger partial charge < -0.3 is 15.7 Å². The number of nitrogens with zero attached hydrogens (tertiary/aromatic N) is 2. The number of alkyl halides is 3.